The van der Waals surface area contributed by atoms with E-state index in [0.717, 1.165) is 5.75 Å². The Morgan fingerprint density at radius 3 is 2.65 bits per heavy atom. The van der Waals surface area contributed by atoms with Crippen LogP contribution >= 0.6 is 0 Å². The Kier molecular flexibility index (Phi) is 4.47. The Bertz CT molecular complexity index is 339. The minimum absolute atomic E-state index is 0.463. The van der Waals surface area contributed by atoms with Crippen LogP contribution in [0.15, 0.2) is 24.3 Å². The van der Waals surface area contributed by atoms with Crippen LogP contribution in [0, 0.1) is 0 Å². The molecule has 1 unspecified atom stereocenters. The molecule has 1 nitrogen and oxygen atoms in total. The third-order valence-electron chi connectivity index (χ3n) is 3.77. The summed E-state index contributed by atoms with van der Waals surface area (Å²) in [5, 5.41) is 0. The number of ether oxygens (including phenoxy) is 1. The van der Waals surface area contributed by atoms with Crippen LogP contribution in [0.1, 0.15) is 63.9 Å². The first-order valence-electron chi connectivity index (χ1n) is 7.07. The molecule has 0 saturated heterocycles. The van der Waals surface area contributed by atoms with Gasteiger partial charge < -0.3 is 4.74 Å². The molecule has 1 aromatic rings. The van der Waals surface area contributed by atoms with Crippen molar-refractivity contribution >= 4 is 0 Å². The van der Waals surface area contributed by atoms with Crippen molar-refractivity contribution in [3.8, 4) is 5.75 Å². The maximum absolute atomic E-state index is 6.17. The molecular weight excluding hydrogens is 208 g/mol. The molecule has 0 N–H and O–H groups in total. The summed E-state index contributed by atoms with van der Waals surface area (Å²) >= 11 is 0. The summed E-state index contributed by atoms with van der Waals surface area (Å²) in [4.78, 5) is 0. The summed E-state index contributed by atoms with van der Waals surface area (Å²) in [6, 6.07) is 8.58. The lowest BCUT2D eigenvalue weighted by molar-refractivity contribution is 0.207. The van der Waals surface area contributed by atoms with Gasteiger partial charge in [-0.05, 0) is 49.7 Å². The van der Waals surface area contributed by atoms with Crippen molar-refractivity contribution in [3.63, 3.8) is 0 Å². The summed E-state index contributed by atoms with van der Waals surface area (Å²) in [5.74, 6) is 1.73. The molecule has 94 valence electrons. The van der Waals surface area contributed by atoms with Crippen LogP contribution in [0.5, 0.6) is 5.75 Å². The first-order chi connectivity index (χ1) is 8.31. The maximum atomic E-state index is 6.17. The first kappa shape index (κ1) is 12.5. The lowest BCUT2D eigenvalue weighted by Crippen LogP contribution is -2.12. The van der Waals surface area contributed by atoms with Crippen molar-refractivity contribution in [2.75, 3.05) is 0 Å². The number of benzene rings is 1. The lowest BCUT2D eigenvalue weighted by Gasteiger charge is -2.19. The van der Waals surface area contributed by atoms with Gasteiger partial charge in [0.1, 0.15) is 5.75 Å². The third kappa shape index (κ3) is 3.24. The molecule has 1 saturated carbocycles. The van der Waals surface area contributed by atoms with E-state index in [-0.39, 0.29) is 0 Å². The van der Waals surface area contributed by atoms with Crippen LogP contribution in [-0.4, -0.2) is 6.10 Å². The Hall–Kier alpha value is -0.980. The summed E-state index contributed by atoms with van der Waals surface area (Å²) < 4.78 is 6.17. The Balaban J connectivity index is 2.09. The average molecular weight is 232 g/mol. The summed E-state index contributed by atoms with van der Waals surface area (Å²) in [5.41, 5.74) is 1.39. The molecule has 0 heterocycles. The molecule has 2 rings (SSSR count). The van der Waals surface area contributed by atoms with Gasteiger partial charge in [0.15, 0.2) is 0 Å². The summed E-state index contributed by atoms with van der Waals surface area (Å²) in [6.45, 7) is 4.55. The second-order valence-corrected chi connectivity index (χ2v) is 5.25. The van der Waals surface area contributed by atoms with E-state index in [0.29, 0.717) is 12.0 Å². The van der Waals surface area contributed by atoms with Gasteiger partial charge in [-0.2, -0.15) is 0 Å². The average Bonchev–Trinajstić information content (AvgIpc) is 2.83. The quantitative estimate of drug-likeness (QED) is 0.700. The number of para-hydroxylation sites is 1. The molecule has 0 amide bonds. The highest BCUT2D eigenvalue weighted by atomic mass is 16.5. The SMILES string of the molecule is CCCC(C)c1ccccc1OC1CCCC1. The largest absolute Gasteiger partial charge is 0.490 e. The van der Waals surface area contributed by atoms with E-state index >= 15 is 0 Å². The number of hydrogen-bond donors (Lipinski definition) is 0. The monoisotopic (exact) mass is 232 g/mol. The molecular formula is C16H24O. The van der Waals surface area contributed by atoms with Gasteiger partial charge in [-0.3, -0.25) is 0 Å². The van der Waals surface area contributed by atoms with E-state index < -0.39 is 0 Å². The van der Waals surface area contributed by atoms with E-state index in [1.165, 1.54) is 44.1 Å². The van der Waals surface area contributed by atoms with Crippen LogP contribution < -0.4 is 4.74 Å². The Morgan fingerprint density at radius 2 is 1.94 bits per heavy atom. The van der Waals surface area contributed by atoms with Gasteiger partial charge in [0.25, 0.3) is 0 Å². The van der Waals surface area contributed by atoms with E-state index in [9.17, 15) is 0 Å². The van der Waals surface area contributed by atoms with Gasteiger partial charge >= 0.3 is 0 Å². The minimum atomic E-state index is 0.463. The molecule has 17 heavy (non-hydrogen) atoms. The van der Waals surface area contributed by atoms with Crippen molar-refractivity contribution in [1.29, 1.82) is 0 Å². The van der Waals surface area contributed by atoms with E-state index in [1.54, 1.807) is 0 Å². The molecule has 0 bridgehead atoms. The zero-order valence-electron chi connectivity index (χ0n) is 11.1. The number of rotatable bonds is 5. The first-order valence-corrected chi connectivity index (χ1v) is 7.07. The molecule has 1 aromatic carbocycles. The number of hydrogen-bond acceptors (Lipinski definition) is 1. The van der Waals surface area contributed by atoms with Crippen molar-refractivity contribution in [3.05, 3.63) is 29.8 Å². The standard InChI is InChI=1S/C16H24O/c1-3-8-13(2)15-11-6-7-12-16(15)17-14-9-4-5-10-14/h6-7,11-14H,3-5,8-10H2,1-2H3. The predicted octanol–water partition coefficient (Wildman–Crippen LogP) is 4.91. The highest BCUT2D eigenvalue weighted by Gasteiger charge is 2.19. The van der Waals surface area contributed by atoms with Crippen LogP contribution in [0.25, 0.3) is 0 Å². The normalized spacial score (nSPS) is 18.2. The van der Waals surface area contributed by atoms with E-state index in [1.807, 2.05) is 0 Å². The van der Waals surface area contributed by atoms with Crippen LogP contribution in [0.2, 0.25) is 0 Å². The Morgan fingerprint density at radius 1 is 1.24 bits per heavy atom. The van der Waals surface area contributed by atoms with Crippen molar-refractivity contribution < 1.29 is 4.74 Å². The van der Waals surface area contributed by atoms with Crippen molar-refractivity contribution in [2.45, 2.75) is 64.4 Å². The highest BCUT2D eigenvalue weighted by molar-refractivity contribution is 5.36. The molecule has 1 aliphatic carbocycles. The second-order valence-electron chi connectivity index (χ2n) is 5.25. The van der Waals surface area contributed by atoms with Crippen LogP contribution in [0.4, 0.5) is 0 Å². The molecule has 1 atom stereocenters. The van der Waals surface area contributed by atoms with Gasteiger partial charge in [-0.1, -0.05) is 38.5 Å². The zero-order chi connectivity index (χ0) is 12.1. The van der Waals surface area contributed by atoms with Crippen LogP contribution in [0.3, 0.4) is 0 Å². The molecule has 1 fully saturated rings. The summed E-state index contributed by atoms with van der Waals surface area (Å²) in [7, 11) is 0. The molecule has 0 spiro atoms. The molecule has 0 radical (unpaired) electrons. The molecule has 1 heteroatoms. The topological polar surface area (TPSA) is 9.23 Å². The van der Waals surface area contributed by atoms with Gasteiger partial charge in [-0.25, -0.2) is 0 Å². The maximum Gasteiger partial charge on any atom is 0.123 e. The fourth-order valence-electron chi connectivity index (χ4n) is 2.77. The second kappa shape index (κ2) is 6.09. The minimum Gasteiger partial charge on any atom is -0.490 e. The fourth-order valence-corrected chi connectivity index (χ4v) is 2.77. The highest BCUT2D eigenvalue weighted by Crippen LogP contribution is 2.32. The fraction of sp³-hybridized carbons (Fsp3) is 0.625. The van der Waals surface area contributed by atoms with Gasteiger partial charge in [0, 0.05) is 0 Å². The predicted molar refractivity (Wildman–Crippen MR) is 72.6 cm³/mol. The van der Waals surface area contributed by atoms with Crippen molar-refractivity contribution in [1.82, 2.24) is 0 Å². The summed E-state index contributed by atoms with van der Waals surface area (Å²) in [6.07, 6.45) is 8.07. The van der Waals surface area contributed by atoms with Crippen LogP contribution in [-0.2, 0) is 0 Å². The molecule has 0 aliphatic heterocycles. The zero-order valence-corrected chi connectivity index (χ0v) is 11.1. The van der Waals surface area contributed by atoms with Gasteiger partial charge in [0.05, 0.1) is 6.10 Å². The van der Waals surface area contributed by atoms with Gasteiger partial charge in [0.2, 0.25) is 0 Å². The van der Waals surface area contributed by atoms with E-state index in [4.69, 9.17) is 4.74 Å². The molecule has 0 aromatic heterocycles. The Labute approximate surface area is 105 Å². The van der Waals surface area contributed by atoms with Gasteiger partial charge in [-0.15, -0.1) is 0 Å². The lowest BCUT2D eigenvalue weighted by atomic mass is 9.96. The third-order valence-corrected chi connectivity index (χ3v) is 3.77. The van der Waals surface area contributed by atoms with Crippen molar-refractivity contribution in [2.24, 2.45) is 0 Å². The molecule has 1 aliphatic rings. The smallest absolute Gasteiger partial charge is 0.123 e. The van der Waals surface area contributed by atoms with E-state index in [2.05, 4.69) is 38.1 Å².